The summed E-state index contributed by atoms with van der Waals surface area (Å²) in [7, 11) is 0. The van der Waals surface area contributed by atoms with Crippen LogP contribution in [0, 0.1) is 11.3 Å². The standard InChI is InChI=1S/C21H17N5OS/c1-2-11-26-18-10-6-5-9-17(18)25-21(26)28-13-19(27)14(12-22)20-23-15-7-3-4-8-16(15)24-20/h2-10,27H,1,11,13H2,(H,23,24). The van der Waals surface area contributed by atoms with Crippen LogP contribution in [-0.4, -0.2) is 30.4 Å². The summed E-state index contributed by atoms with van der Waals surface area (Å²) < 4.78 is 2.04. The second kappa shape index (κ2) is 7.62. The zero-order valence-electron chi connectivity index (χ0n) is 15.0. The maximum absolute atomic E-state index is 10.6. The first-order chi connectivity index (χ1) is 13.7. The van der Waals surface area contributed by atoms with Crippen molar-refractivity contribution >= 4 is 39.4 Å². The molecule has 28 heavy (non-hydrogen) atoms. The molecule has 0 atom stereocenters. The van der Waals surface area contributed by atoms with E-state index in [1.165, 1.54) is 11.8 Å². The van der Waals surface area contributed by atoms with E-state index in [1.807, 2.05) is 59.2 Å². The molecular formula is C21H17N5OS. The van der Waals surface area contributed by atoms with Crippen molar-refractivity contribution in [3.05, 3.63) is 72.8 Å². The topological polar surface area (TPSA) is 90.5 Å². The number of nitrogens with one attached hydrogen (secondary N) is 1. The highest BCUT2D eigenvalue weighted by Crippen LogP contribution is 2.27. The molecule has 2 N–H and O–H groups in total. The van der Waals surface area contributed by atoms with Gasteiger partial charge in [0.25, 0.3) is 0 Å². The van der Waals surface area contributed by atoms with Gasteiger partial charge in [-0.25, -0.2) is 9.97 Å². The van der Waals surface area contributed by atoms with Gasteiger partial charge in [-0.05, 0) is 24.3 Å². The van der Waals surface area contributed by atoms with Gasteiger partial charge in [0.2, 0.25) is 0 Å². The monoisotopic (exact) mass is 387 g/mol. The lowest BCUT2D eigenvalue weighted by Gasteiger charge is -2.06. The van der Waals surface area contributed by atoms with Crippen molar-refractivity contribution in [2.75, 3.05) is 5.75 Å². The Morgan fingerprint density at radius 1 is 1.18 bits per heavy atom. The van der Waals surface area contributed by atoms with E-state index in [2.05, 4.69) is 27.6 Å². The molecule has 0 spiro atoms. The first-order valence-corrected chi connectivity index (χ1v) is 9.66. The lowest BCUT2D eigenvalue weighted by molar-refractivity contribution is 0.420. The van der Waals surface area contributed by atoms with Gasteiger partial charge >= 0.3 is 0 Å². The van der Waals surface area contributed by atoms with Crippen LogP contribution in [0.1, 0.15) is 5.82 Å². The number of benzene rings is 2. The van der Waals surface area contributed by atoms with Crippen LogP contribution >= 0.6 is 11.8 Å². The number of nitriles is 1. The molecule has 138 valence electrons. The molecule has 6 nitrogen and oxygen atoms in total. The number of hydrogen-bond acceptors (Lipinski definition) is 5. The van der Waals surface area contributed by atoms with Gasteiger partial charge in [-0.15, -0.1) is 6.58 Å². The Morgan fingerprint density at radius 2 is 1.93 bits per heavy atom. The maximum Gasteiger partial charge on any atom is 0.169 e. The van der Waals surface area contributed by atoms with Crippen LogP contribution in [0.5, 0.6) is 0 Å². The van der Waals surface area contributed by atoms with Crippen molar-refractivity contribution < 1.29 is 5.11 Å². The second-order valence-corrected chi connectivity index (χ2v) is 7.05. The lowest BCUT2D eigenvalue weighted by Crippen LogP contribution is -2.00. The summed E-state index contributed by atoms with van der Waals surface area (Å²) in [6.07, 6.45) is 1.81. The number of aliphatic hydroxyl groups is 1. The summed E-state index contributed by atoms with van der Waals surface area (Å²) in [5, 5.41) is 20.9. The fourth-order valence-electron chi connectivity index (χ4n) is 3.00. The number of imidazole rings is 2. The normalized spacial score (nSPS) is 12.1. The van der Waals surface area contributed by atoms with Crippen molar-refractivity contribution in [1.29, 1.82) is 5.26 Å². The first kappa shape index (κ1) is 17.9. The molecule has 4 aromatic rings. The second-order valence-electron chi connectivity index (χ2n) is 6.11. The Hall–Kier alpha value is -3.50. The number of hydrogen-bond donors (Lipinski definition) is 2. The van der Waals surface area contributed by atoms with Crippen molar-refractivity contribution in [3.63, 3.8) is 0 Å². The third kappa shape index (κ3) is 3.26. The molecule has 4 rings (SSSR count). The van der Waals surface area contributed by atoms with Gasteiger partial charge in [0.15, 0.2) is 11.0 Å². The summed E-state index contributed by atoms with van der Waals surface area (Å²) in [6, 6.07) is 17.4. The molecule has 0 bridgehead atoms. The number of aromatic nitrogens is 4. The fourth-order valence-corrected chi connectivity index (χ4v) is 3.90. The Labute approximate surface area is 165 Å². The van der Waals surface area contributed by atoms with E-state index in [0.29, 0.717) is 12.4 Å². The number of allylic oxidation sites excluding steroid dienone is 2. The first-order valence-electron chi connectivity index (χ1n) is 8.67. The highest BCUT2D eigenvalue weighted by Gasteiger charge is 2.16. The summed E-state index contributed by atoms with van der Waals surface area (Å²) >= 11 is 1.37. The van der Waals surface area contributed by atoms with Crippen molar-refractivity contribution in [2.45, 2.75) is 11.7 Å². The van der Waals surface area contributed by atoms with Crippen molar-refractivity contribution in [2.24, 2.45) is 0 Å². The smallest absolute Gasteiger partial charge is 0.169 e. The number of aliphatic hydroxyl groups excluding tert-OH is 1. The summed E-state index contributed by atoms with van der Waals surface area (Å²) in [4.78, 5) is 12.1. The number of H-pyrrole nitrogens is 1. The molecule has 7 heteroatoms. The zero-order valence-corrected chi connectivity index (χ0v) is 15.8. The minimum Gasteiger partial charge on any atom is -0.510 e. The largest absolute Gasteiger partial charge is 0.510 e. The van der Waals surface area contributed by atoms with Gasteiger partial charge in [0.05, 0.1) is 27.8 Å². The Balaban J connectivity index is 1.64. The average Bonchev–Trinajstić information content (AvgIpc) is 3.29. The van der Waals surface area contributed by atoms with Crippen LogP contribution in [0.2, 0.25) is 0 Å². The van der Waals surface area contributed by atoms with Crippen LogP contribution < -0.4 is 0 Å². The van der Waals surface area contributed by atoms with Gasteiger partial charge < -0.3 is 14.7 Å². The van der Waals surface area contributed by atoms with E-state index < -0.39 is 0 Å². The van der Waals surface area contributed by atoms with E-state index in [-0.39, 0.29) is 17.1 Å². The zero-order chi connectivity index (χ0) is 19.5. The molecule has 0 unspecified atom stereocenters. The fraction of sp³-hybridized carbons (Fsp3) is 0.0952. The molecule has 0 aliphatic carbocycles. The van der Waals surface area contributed by atoms with Crippen LogP contribution in [0.15, 0.2) is 72.1 Å². The number of fused-ring (bicyclic) bond motifs is 2. The molecule has 2 heterocycles. The number of aromatic amines is 1. The van der Waals surface area contributed by atoms with E-state index in [1.54, 1.807) is 0 Å². The number of nitrogens with zero attached hydrogens (tertiary/aromatic N) is 4. The Morgan fingerprint density at radius 3 is 2.68 bits per heavy atom. The Kier molecular flexibility index (Phi) is 4.87. The molecule has 2 aromatic carbocycles. The summed E-state index contributed by atoms with van der Waals surface area (Å²) in [5.41, 5.74) is 3.59. The van der Waals surface area contributed by atoms with Crippen LogP contribution in [-0.2, 0) is 6.54 Å². The number of thioether (sulfide) groups is 1. The van der Waals surface area contributed by atoms with Crippen molar-refractivity contribution in [1.82, 2.24) is 19.5 Å². The predicted octanol–water partition coefficient (Wildman–Crippen LogP) is 4.68. The molecule has 0 fully saturated rings. The van der Waals surface area contributed by atoms with E-state index >= 15 is 0 Å². The highest BCUT2D eigenvalue weighted by atomic mass is 32.2. The molecule has 0 aliphatic heterocycles. The highest BCUT2D eigenvalue weighted by molar-refractivity contribution is 7.99. The minimum atomic E-state index is -0.0382. The van der Waals surface area contributed by atoms with E-state index in [0.717, 1.165) is 27.2 Å². The third-order valence-corrected chi connectivity index (χ3v) is 5.28. The molecule has 0 aliphatic rings. The van der Waals surface area contributed by atoms with Crippen LogP contribution in [0.25, 0.3) is 27.6 Å². The van der Waals surface area contributed by atoms with Gasteiger partial charge in [-0.1, -0.05) is 42.1 Å². The summed E-state index contributed by atoms with van der Waals surface area (Å²) in [6.45, 7) is 4.42. The molecule has 0 saturated heterocycles. The number of rotatable bonds is 6. The maximum atomic E-state index is 10.6. The van der Waals surface area contributed by atoms with E-state index in [9.17, 15) is 10.4 Å². The lowest BCUT2D eigenvalue weighted by atomic mass is 10.2. The van der Waals surface area contributed by atoms with Gasteiger partial charge in [-0.3, -0.25) is 0 Å². The van der Waals surface area contributed by atoms with Gasteiger partial charge in [-0.2, -0.15) is 5.26 Å². The predicted molar refractivity (Wildman–Crippen MR) is 112 cm³/mol. The van der Waals surface area contributed by atoms with Crippen LogP contribution in [0.4, 0.5) is 0 Å². The Bertz CT molecular complexity index is 1210. The molecule has 0 saturated carbocycles. The quantitative estimate of drug-likeness (QED) is 0.217. The SMILES string of the molecule is C=CCn1c(SCC(O)=C(C#N)c2nc3ccccc3[nH]2)nc2ccccc21. The van der Waals surface area contributed by atoms with Gasteiger partial charge in [0.1, 0.15) is 17.4 Å². The third-order valence-electron chi connectivity index (χ3n) is 4.30. The molecule has 0 amide bonds. The number of para-hydroxylation sites is 4. The molecular weight excluding hydrogens is 370 g/mol. The summed E-state index contributed by atoms with van der Waals surface area (Å²) in [5.74, 6) is 0.533. The van der Waals surface area contributed by atoms with E-state index in [4.69, 9.17) is 0 Å². The van der Waals surface area contributed by atoms with Gasteiger partial charge in [0, 0.05) is 6.54 Å². The molecule has 2 aromatic heterocycles. The average molecular weight is 387 g/mol. The van der Waals surface area contributed by atoms with Crippen LogP contribution in [0.3, 0.4) is 0 Å². The van der Waals surface area contributed by atoms with Crippen molar-refractivity contribution in [3.8, 4) is 6.07 Å². The minimum absolute atomic E-state index is 0.0382. The molecule has 0 radical (unpaired) electrons.